The molecular formula is C24H27ClN4O3S. The lowest BCUT2D eigenvalue weighted by Crippen LogP contribution is -2.29. The van der Waals surface area contributed by atoms with Crippen LogP contribution in [0.15, 0.2) is 53.7 Å². The molecule has 1 aliphatic carbocycles. The first-order chi connectivity index (χ1) is 16.2. The molecule has 1 amide bonds. The third-order valence-corrected chi connectivity index (χ3v) is 6.83. The number of hydrogen-bond donors (Lipinski definition) is 1. The summed E-state index contributed by atoms with van der Waals surface area (Å²) in [7, 11) is 1.60. The van der Waals surface area contributed by atoms with Gasteiger partial charge in [-0.15, -0.1) is 10.2 Å². The van der Waals surface area contributed by atoms with Crippen molar-refractivity contribution in [3.05, 3.63) is 53.6 Å². The first kappa shape index (κ1) is 23.4. The molecule has 0 bridgehead atoms. The van der Waals surface area contributed by atoms with Crippen molar-refractivity contribution in [1.29, 1.82) is 0 Å². The topological polar surface area (TPSA) is 78.3 Å². The molecule has 1 heterocycles. The van der Waals surface area contributed by atoms with Gasteiger partial charge in [-0.05, 0) is 37.1 Å². The number of nitrogens with zero attached hydrogens (tertiary/aromatic N) is 3. The van der Waals surface area contributed by atoms with E-state index in [1.165, 1.54) is 24.6 Å². The van der Waals surface area contributed by atoms with E-state index in [2.05, 4.69) is 20.1 Å². The normalized spacial score (nSPS) is 13.8. The van der Waals surface area contributed by atoms with E-state index in [0.29, 0.717) is 35.7 Å². The highest BCUT2D eigenvalue weighted by Gasteiger charge is 2.26. The van der Waals surface area contributed by atoms with Gasteiger partial charge >= 0.3 is 0 Å². The van der Waals surface area contributed by atoms with E-state index in [1.54, 1.807) is 7.11 Å². The van der Waals surface area contributed by atoms with E-state index in [0.717, 1.165) is 29.4 Å². The summed E-state index contributed by atoms with van der Waals surface area (Å²) in [6, 6.07) is 15.4. The predicted molar refractivity (Wildman–Crippen MR) is 130 cm³/mol. The quantitative estimate of drug-likeness (QED) is 0.320. The molecule has 0 radical (unpaired) electrons. The number of para-hydroxylation sites is 2. The zero-order valence-electron chi connectivity index (χ0n) is 18.5. The van der Waals surface area contributed by atoms with Crippen molar-refractivity contribution in [3.63, 3.8) is 0 Å². The summed E-state index contributed by atoms with van der Waals surface area (Å²) in [6.45, 7) is 0.753. The van der Waals surface area contributed by atoms with Gasteiger partial charge < -0.3 is 14.8 Å². The minimum Gasteiger partial charge on any atom is -0.493 e. The van der Waals surface area contributed by atoms with Crippen LogP contribution in [0.3, 0.4) is 0 Å². The lowest BCUT2D eigenvalue weighted by atomic mass is 10.2. The number of halogens is 1. The van der Waals surface area contributed by atoms with Crippen LogP contribution in [-0.2, 0) is 4.79 Å². The molecule has 0 unspecified atom stereocenters. The monoisotopic (exact) mass is 486 g/mol. The fourth-order valence-corrected chi connectivity index (χ4v) is 5.02. The highest BCUT2D eigenvalue weighted by atomic mass is 35.5. The Morgan fingerprint density at radius 2 is 1.85 bits per heavy atom. The van der Waals surface area contributed by atoms with E-state index >= 15 is 0 Å². The molecular weight excluding hydrogens is 460 g/mol. The summed E-state index contributed by atoms with van der Waals surface area (Å²) in [6.07, 6.45) is 4.52. The van der Waals surface area contributed by atoms with Crippen LogP contribution in [0.2, 0.25) is 5.02 Å². The van der Waals surface area contributed by atoms with Gasteiger partial charge in [0.2, 0.25) is 5.91 Å². The van der Waals surface area contributed by atoms with Gasteiger partial charge in [0.05, 0.1) is 24.4 Å². The average Bonchev–Trinajstić information content (AvgIpc) is 3.51. The van der Waals surface area contributed by atoms with Crippen LogP contribution in [0.25, 0.3) is 11.4 Å². The van der Waals surface area contributed by atoms with Crippen molar-refractivity contribution < 1.29 is 14.3 Å². The second-order valence-electron chi connectivity index (χ2n) is 7.73. The number of methoxy groups -OCH3 is 1. The zero-order valence-corrected chi connectivity index (χ0v) is 20.1. The number of amides is 1. The largest absolute Gasteiger partial charge is 0.493 e. The Hall–Kier alpha value is -2.71. The molecule has 9 heteroatoms. The molecule has 0 spiro atoms. The van der Waals surface area contributed by atoms with Crippen LogP contribution in [-0.4, -0.2) is 46.7 Å². The SMILES string of the molecule is COc1ccccc1OCCNC(=O)CSc1nnc(-c2ccccc2Cl)n1C1CCCC1. The fourth-order valence-electron chi connectivity index (χ4n) is 3.96. The van der Waals surface area contributed by atoms with Crippen molar-refractivity contribution in [2.45, 2.75) is 36.9 Å². The van der Waals surface area contributed by atoms with Crippen LogP contribution < -0.4 is 14.8 Å². The molecule has 3 aromatic rings. The van der Waals surface area contributed by atoms with Crippen LogP contribution in [0.4, 0.5) is 0 Å². The number of rotatable bonds is 10. The Labute approximate surface area is 202 Å². The number of aromatic nitrogens is 3. The first-order valence-electron chi connectivity index (χ1n) is 11.0. The molecule has 1 aromatic heterocycles. The molecule has 1 fully saturated rings. The van der Waals surface area contributed by atoms with Crippen molar-refractivity contribution in [2.75, 3.05) is 26.0 Å². The van der Waals surface area contributed by atoms with E-state index in [-0.39, 0.29) is 11.7 Å². The maximum Gasteiger partial charge on any atom is 0.230 e. The van der Waals surface area contributed by atoms with Gasteiger partial charge in [0, 0.05) is 11.6 Å². The van der Waals surface area contributed by atoms with Crippen molar-refractivity contribution in [3.8, 4) is 22.9 Å². The number of thioether (sulfide) groups is 1. The number of nitrogens with one attached hydrogen (secondary N) is 1. The van der Waals surface area contributed by atoms with E-state index in [4.69, 9.17) is 21.1 Å². The number of ether oxygens (including phenoxy) is 2. The number of carbonyl (C=O) groups excluding carboxylic acids is 1. The van der Waals surface area contributed by atoms with Gasteiger partial charge in [-0.2, -0.15) is 0 Å². The van der Waals surface area contributed by atoms with Crippen molar-refractivity contribution in [1.82, 2.24) is 20.1 Å². The second-order valence-corrected chi connectivity index (χ2v) is 9.08. The molecule has 0 atom stereocenters. The summed E-state index contributed by atoms with van der Waals surface area (Å²) in [5, 5.41) is 13.1. The van der Waals surface area contributed by atoms with Gasteiger partial charge in [-0.1, -0.05) is 60.5 Å². The molecule has 1 saturated carbocycles. The molecule has 33 heavy (non-hydrogen) atoms. The molecule has 2 aromatic carbocycles. The van der Waals surface area contributed by atoms with Crippen molar-refractivity contribution >= 4 is 29.3 Å². The molecule has 1 N–H and O–H groups in total. The highest BCUT2D eigenvalue weighted by molar-refractivity contribution is 7.99. The average molecular weight is 487 g/mol. The molecule has 7 nitrogen and oxygen atoms in total. The number of hydrogen-bond acceptors (Lipinski definition) is 6. The van der Waals surface area contributed by atoms with E-state index in [1.807, 2.05) is 48.5 Å². The molecule has 4 rings (SSSR count). The van der Waals surface area contributed by atoms with Crippen LogP contribution in [0, 0.1) is 0 Å². The molecule has 0 saturated heterocycles. The summed E-state index contributed by atoms with van der Waals surface area (Å²) >= 11 is 7.83. The van der Waals surface area contributed by atoms with Crippen LogP contribution in [0.1, 0.15) is 31.7 Å². The van der Waals surface area contributed by atoms with Gasteiger partial charge in [-0.25, -0.2) is 0 Å². The minimum atomic E-state index is -0.0797. The Bertz CT molecular complexity index is 1090. The third-order valence-electron chi connectivity index (χ3n) is 5.55. The smallest absolute Gasteiger partial charge is 0.230 e. The first-order valence-corrected chi connectivity index (χ1v) is 12.4. The van der Waals surface area contributed by atoms with E-state index < -0.39 is 0 Å². The zero-order chi connectivity index (χ0) is 23.0. The predicted octanol–water partition coefficient (Wildman–Crippen LogP) is 5.01. The van der Waals surface area contributed by atoms with E-state index in [9.17, 15) is 4.79 Å². The van der Waals surface area contributed by atoms with Gasteiger partial charge in [0.1, 0.15) is 6.61 Å². The van der Waals surface area contributed by atoms with Crippen LogP contribution in [0.5, 0.6) is 11.5 Å². The second kappa shape index (κ2) is 11.4. The Morgan fingerprint density at radius 1 is 1.12 bits per heavy atom. The Kier molecular flexibility index (Phi) is 8.12. The standard InChI is InChI=1S/C24H27ClN4O3S/c1-31-20-12-6-7-13-21(20)32-15-14-26-22(30)16-33-24-28-27-23(18-10-4-5-11-19(18)25)29(24)17-8-2-3-9-17/h4-7,10-13,17H,2-3,8-9,14-16H2,1H3,(H,26,30). The Morgan fingerprint density at radius 3 is 2.61 bits per heavy atom. The van der Waals surface area contributed by atoms with Gasteiger partial charge in [0.25, 0.3) is 0 Å². The summed E-state index contributed by atoms with van der Waals surface area (Å²) in [4.78, 5) is 12.4. The summed E-state index contributed by atoms with van der Waals surface area (Å²) < 4.78 is 13.1. The minimum absolute atomic E-state index is 0.0797. The molecule has 174 valence electrons. The maximum absolute atomic E-state index is 12.4. The molecule has 1 aliphatic rings. The third kappa shape index (κ3) is 5.81. The fraction of sp³-hybridized carbons (Fsp3) is 0.375. The Balaban J connectivity index is 1.35. The van der Waals surface area contributed by atoms with Gasteiger partial charge in [0.15, 0.2) is 22.5 Å². The van der Waals surface area contributed by atoms with Gasteiger partial charge in [-0.3, -0.25) is 9.36 Å². The summed E-state index contributed by atoms with van der Waals surface area (Å²) in [5.74, 6) is 2.26. The van der Waals surface area contributed by atoms with Crippen molar-refractivity contribution in [2.24, 2.45) is 0 Å². The maximum atomic E-state index is 12.4. The lowest BCUT2D eigenvalue weighted by Gasteiger charge is -2.17. The number of carbonyl (C=O) groups is 1. The lowest BCUT2D eigenvalue weighted by molar-refractivity contribution is -0.118. The molecule has 0 aliphatic heterocycles. The number of benzene rings is 2. The highest BCUT2D eigenvalue weighted by Crippen LogP contribution is 2.38. The summed E-state index contributed by atoms with van der Waals surface area (Å²) in [5.41, 5.74) is 0.864. The van der Waals surface area contributed by atoms with Crippen LogP contribution >= 0.6 is 23.4 Å².